The summed E-state index contributed by atoms with van der Waals surface area (Å²) < 4.78 is 11.3. The fourth-order valence-electron chi connectivity index (χ4n) is 1.76. The van der Waals surface area contributed by atoms with Crippen LogP contribution in [0.4, 0.5) is 0 Å². The Labute approximate surface area is 106 Å². The number of benzene rings is 1. The van der Waals surface area contributed by atoms with Crippen LogP contribution in [-0.4, -0.2) is 17.5 Å². The molecule has 2 rings (SSSR count). The fourth-order valence-corrected chi connectivity index (χ4v) is 2.01. The van der Waals surface area contributed by atoms with Gasteiger partial charge in [0.1, 0.15) is 0 Å². The molecule has 0 aromatic heterocycles. The number of hydrogen-bond donors (Lipinski definition) is 1. The number of fused-ring (bicyclic) bond motifs is 1. The molecule has 0 saturated carbocycles. The standard InChI is InChI=1S/C13H17ClO3/c1-12(2,7-15)8-5-9(14)11-10(6-8)16-13(3,4)17-11/h5-6,15H,7H2,1-4H3. The van der Waals surface area contributed by atoms with E-state index in [0.29, 0.717) is 16.5 Å². The molecule has 1 aromatic rings. The summed E-state index contributed by atoms with van der Waals surface area (Å²) in [5.74, 6) is 0.529. The van der Waals surface area contributed by atoms with E-state index in [1.807, 2.05) is 39.8 Å². The molecule has 4 heteroatoms. The number of aliphatic hydroxyl groups excluding tert-OH is 1. The molecule has 1 heterocycles. The summed E-state index contributed by atoms with van der Waals surface area (Å²) in [5.41, 5.74) is 0.583. The van der Waals surface area contributed by atoms with Crippen molar-refractivity contribution in [2.24, 2.45) is 0 Å². The zero-order chi connectivity index (χ0) is 12.8. The summed E-state index contributed by atoms with van der Waals surface area (Å²) in [6.45, 7) is 7.62. The molecule has 0 bridgehead atoms. The molecule has 0 saturated heterocycles. The van der Waals surface area contributed by atoms with E-state index >= 15 is 0 Å². The second-order valence-corrected chi connectivity index (χ2v) is 5.84. The Bertz CT molecular complexity index is 452. The maximum Gasteiger partial charge on any atom is 0.246 e. The molecule has 17 heavy (non-hydrogen) atoms. The summed E-state index contributed by atoms with van der Waals surface area (Å²) in [6.07, 6.45) is 0. The van der Waals surface area contributed by atoms with E-state index in [0.717, 1.165) is 5.56 Å². The second-order valence-electron chi connectivity index (χ2n) is 5.43. The molecule has 0 spiro atoms. The maximum absolute atomic E-state index is 9.37. The first-order chi connectivity index (χ1) is 7.75. The lowest BCUT2D eigenvalue weighted by atomic mass is 9.85. The first-order valence-corrected chi connectivity index (χ1v) is 5.96. The van der Waals surface area contributed by atoms with Crippen molar-refractivity contribution in [3.63, 3.8) is 0 Å². The van der Waals surface area contributed by atoms with Crippen molar-refractivity contribution in [2.45, 2.75) is 38.9 Å². The number of halogens is 1. The Morgan fingerprint density at radius 2 is 1.94 bits per heavy atom. The minimum Gasteiger partial charge on any atom is -0.449 e. The summed E-state index contributed by atoms with van der Waals surface area (Å²) in [4.78, 5) is 0. The third-order valence-corrected chi connectivity index (χ3v) is 3.17. The largest absolute Gasteiger partial charge is 0.449 e. The van der Waals surface area contributed by atoms with Crippen LogP contribution in [0.5, 0.6) is 11.5 Å². The Balaban J connectivity index is 2.48. The Hall–Kier alpha value is -0.930. The van der Waals surface area contributed by atoms with Gasteiger partial charge in [-0.3, -0.25) is 0 Å². The normalized spacial score (nSPS) is 17.3. The van der Waals surface area contributed by atoms with Gasteiger partial charge in [-0.15, -0.1) is 0 Å². The number of hydrogen-bond acceptors (Lipinski definition) is 3. The van der Waals surface area contributed by atoms with Crippen LogP contribution in [0, 0.1) is 0 Å². The quantitative estimate of drug-likeness (QED) is 0.884. The predicted octanol–water partition coefficient (Wildman–Crippen LogP) is 3.12. The molecule has 94 valence electrons. The Morgan fingerprint density at radius 1 is 1.29 bits per heavy atom. The summed E-state index contributed by atoms with van der Waals surface area (Å²) in [6, 6.07) is 3.70. The van der Waals surface area contributed by atoms with Gasteiger partial charge in [-0.25, -0.2) is 0 Å². The van der Waals surface area contributed by atoms with Gasteiger partial charge in [0, 0.05) is 19.3 Å². The van der Waals surface area contributed by atoms with Crippen LogP contribution in [0.15, 0.2) is 12.1 Å². The van der Waals surface area contributed by atoms with Crippen LogP contribution in [0.3, 0.4) is 0 Å². The molecule has 1 N–H and O–H groups in total. The molecule has 0 atom stereocenters. The van der Waals surface area contributed by atoms with Crippen LogP contribution < -0.4 is 9.47 Å². The molecular weight excluding hydrogens is 240 g/mol. The van der Waals surface area contributed by atoms with Crippen LogP contribution in [-0.2, 0) is 5.41 Å². The summed E-state index contributed by atoms with van der Waals surface area (Å²) >= 11 is 6.18. The van der Waals surface area contributed by atoms with Gasteiger partial charge < -0.3 is 14.6 Å². The maximum atomic E-state index is 9.37. The van der Waals surface area contributed by atoms with Crippen LogP contribution >= 0.6 is 11.6 Å². The third-order valence-electron chi connectivity index (χ3n) is 2.89. The Kier molecular flexibility index (Phi) is 2.79. The summed E-state index contributed by atoms with van der Waals surface area (Å²) in [7, 11) is 0. The highest BCUT2D eigenvalue weighted by molar-refractivity contribution is 6.32. The van der Waals surface area contributed by atoms with Gasteiger partial charge in [-0.1, -0.05) is 25.4 Å². The molecule has 3 nitrogen and oxygen atoms in total. The van der Waals surface area contributed by atoms with E-state index in [2.05, 4.69) is 0 Å². The smallest absolute Gasteiger partial charge is 0.246 e. The van der Waals surface area contributed by atoms with E-state index < -0.39 is 5.79 Å². The predicted molar refractivity (Wildman–Crippen MR) is 66.9 cm³/mol. The lowest BCUT2D eigenvalue weighted by molar-refractivity contribution is -0.0431. The van der Waals surface area contributed by atoms with Crippen LogP contribution in [0.25, 0.3) is 0 Å². The van der Waals surface area contributed by atoms with Crippen LogP contribution in [0.1, 0.15) is 33.3 Å². The second kappa shape index (κ2) is 3.79. The molecule has 0 aliphatic carbocycles. The highest BCUT2D eigenvalue weighted by Gasteiger charge is 2.35. The molecular formula is C13H17ClO3. The highest BCUT2D eigenvalue weighted by atomic mass is 35.5. The van der Waals surface area contributed by atoms with Crippen molar-refractivity contribution in [2.75, 3.05) is 6.61 Å². The molecule has 0 radical (unpaired) electrons. The van der Waals surface area contributed by atoms with Crippen molar-refractivity contribution in [1.82, 2.24) is 0 Å². The zero-order valence-corrected chi connectivity index (χ0v) is 11.3. The topological polar surface area (TPSA) is 38.7 Å². The van der Waals surface area contributed by atoms with Gasteiger partial charge in [-0.05, 0) is 17.7 Å². The minimum atomic E-state index is -0.687. The minimum absolute atomic E-state index is 0.0480. The first kappa shape index (κ1) is 12.5. The van der Waals surface area contributed by atoms with Crippen LogP contribution in [0.2, 0.25) is 5.02 Å². The van der Waals surface area contributed by atoms with Gasteiger partial charge in [0.15, 0.2) is 11.5 Å². The average molecular weight is 257 g/mol. The Morgan fingerprint density at radius 3 is 2.53 bits per heavy atom. The van der Waals surface area contributed by atoms with E-state index in [-0.39, 0.29) is 12.0 Å². The van der Waals surface area contributed by atoms with E-state index in [1.54, 1.807) is 0 Å². The molecule has 0 unspecified atom stereocenters. The van der Waals surface area contributed by atoms with Crippen molar-refractivity contribution in [3.8, 4) is 11.5 Å². The molecule has 0 fully saturated rings. The lowest BCUT2D eigenvalue weighted by Crippen LogP contribution is -2.29. The average Bonchev–Trinajstić information content (AvgIpc) is 2.53. The van der Waals surface area contributed by atoms with Crippen molar-refractivity contribution in [3.05, 3.63) is 22.7 Å². The molecule has 0 amide bonds. The molecule has 1 aliphatic rings. The van der Waals surface area contributed by atoms with Crippen molar-refractivity contribution in [1.29, 1.82) is 0 Å². The zero-order valence-electron chi connectivity index (χ0n) is 10.5. The van der Waals surface area contributed by atoms with E-state index in [9.17, 15) is 5.11 Å². The number of rotatable bonds is 2. The molecule has 1 aliphatic heterocycles. The molecule has 1 aromatic carbocycles. The highest BCUT2D eigenvalue weighted by Crippen LogP contribution is 2.46. The number of ether oxygens (including phenoxy) is 2. The SMILES string of the molecule is CC1(C)Oc2cc(C(C)(C)CO)cc(Cl)c2O1. The van der Waals surface area contributed by atoms with Gasteiger partial charge in [0.25, 0.3) is 0 Å². The monoisotopic (exact) mass is 256 g/mol. The van der Waals surface area contributed by atoms with Gasteiger partial charge in [0.2, 0.25) is 5.79 Å². The van der Waals surface area contributed by atoms with Gasteiger partial charge >= 0.3 is 0 Å². The number of aliphatic hydroxyl groups is 1. The van der Waals surface area contributed by atoms with Gasteiger partial charge in [0.05, 0.1) is 11.6 Å². The van der Waals surface area contributed by atoms with E-state index in [1.165, 1.54) is 0 Å². The fraction of sp³-hybridized carbons (Fsp3) is 0.538. The first-order valence-electron chi connectivity index (χ1n) is 5.58. The lowest BCUT2D eigenvalue weighted by Gasteiger charge is -2.22. The van der Waals surface area contributed by atoms with Crippen molar-refractivity contribution < 1.29 is 14.6 Å². The van der Waals surface area contributed by atoms with Gasteiger partial charge in [-0.2, -0.15) is 0 Å². The van der Waals surface area contributed by atoms with E-state index in [4.69, 9.17) is 21.1 Å². The third kappa shape index (κ3) is 2.22. The summed E-state index contributed by atoms with van der Waals surface area (Å²) in [5, 5.41) is 9.89. The van der Waals surface area contributed by atoms with Crippen molar-refractivity contribution >= 4 is 11.6 Å².